The summed E-state index contributed by atoms with van der Waals surface area (Å²) in [6.45, 7) is 1.58. The van der Waals surface area contributed by atoms with Crippen molar-refractivity contribution in [1.29, 1.82) is 0 Å². The second-order valence-corrected chi connectivity index (χ2v) is 8.43. The van der Waals surface area contributed by atoms with Crippen LogP contribution in [0.2, 0.25) is 0 Å². The van der Waals surface area contributed by atoms with Crippen LogP contribution in [0.1, 0.15) is 11.7 Å². The fourth-order valence-corrected chi connectivity index (χ4v) is 4.37. The molecule has 0 aliphatic carbocycles. The predicted octanol–water partition coefficient (Wildman–Crippen LogP) is 3.50. The fraction of sp³-hybridized carbons (Fsp3) is 0.259. The van der Waals surface area contributed by atoms with Crippen molar-refractivity contribution >= 4 is 5.95 Å². The lowest BCUT2D eigenvalue weighted by molar-refractivity contribution is 0.0375. The van der Waals surface area contributed by atoms with Gasteiger partial charge in [0.2, 0.25) is 5.95 Å². The number of hydrogen-bond acceptors (Lipinski definition) is 8. The molecule has 2 aromatic carbocycles. The molecule has 1 atom stereocenters. The molecule has 0 bridgehead atoms. The Morgan fingerprint density at radius 3 is 2.64 bits per heavy atom. The third-order valence-corrected chi connectivity index (χ3v) is 6.28. The minimum Gasteiger partial charge on any atom is -0.497 e. The van der Waals surface area contributed by atoms with E-state index in [1.165, 1.54) is 12.4 Å². The van der Waals surface area contributed by atoms with Gasteiger partial charge < -0.3 is 19.1 Å². The van der Waals surface area contributed by atoms with Gasteiger partial charge in [0.25, 0.3) is 5.56 Å². The van der Waals surface area contributed by atoms with E-state index >= 15 is 0 Å². The van der Waals surface area contributed by atoms with Gasteiger partial charge in [-0.2, -0.15) is 0 Å². The largest absolute Gasteiger partial charge is 0.497 e. The third kappa shape index (κ3) is 4.65. The van der Waals surface area contributed by atoms with E-state index in [1.54, 1.807) is 38.1 Å². The quantitative estimate of drug-likeness (QED) is 0.410. The second kappa shape index (κ2) is 10.2. The third-order valence-electron chi connectivity index (χ3n) is 6.28. The van der Waals surface area contributed by atoms with Crippen LogP contribution >= 0.6 is 0 Å². The maximum atomic E-state index is 12.8. The fourth-order valence-electron chi connectivity index (χ4n) is 4.37. The Morgan fingerprint density at radius 1 is 1.00 bits per heavy atom. The molecule has 1 aliphatic rings. The molecule has 2 aromatic heterocycles. The molecular weight excluding hydrogens is 458 g/mol. The van der Waals surface area contributed by atoms with Gasteiger partial charge in [0.1, 0.15) is 23.9 Å². The SMILES string of the molecule is COc1cccc(-c2ccc(OC)c(C3CN(c4nc(-c5ccncn5)cc(=O)n4C)CCO3)c2)c1. The van der Waals surface area contributed by atoms with E-state index in [1.807, 2.05) is 36.4 Å². The highest BCUT2D eigenvalue weighted by molar-refractivity contribution is 5.67. The summed E-state index contributed by atoms with van der Waals surface area (Å²) in [4.78, 5) is 27.8. The molecule has 0 spiro atoms. The van der Waals surface area contributed by atoms with Gasteiger partial charge in [0.15, 0.2) is 0 Å². The molecule has 1 unspecified atom stereocenters. The van der Waals surface area contributed by atoms with Gasteiger partial charge in [-0.1, -0.05) is 18.2 Å². The molecule has 9 heteroatoms. The maximum absolute atomic E-state index is 12.8. The zero-order valence-corrected chi connectivity index (χ0v) is 20.4. The summed E-state index contributed by atoms with van der Waals surface area (Å²) in [5, 5.41) is 0. The summed E-state index contributed by atoms with van der Waals surface area (Å²) < 4.78 is 18.8. The van der Waals surface area contributed by atoms with E-state index in [2.05, 4.69) is 20.9 Å². The molecule has 184 valence electrons. The van der Waals surface area contributed by atoms with E-state index in [0.29, 0.717) is 37.0 Å². The summed E-state index contributed by atoms with van der Waals surface area (Å²) >= 11 is 0. The Bertz CT molecular complexity index is 1420. The molecule has 1 fully saturated rings. The number of anilines is 1. The van der Waals surface area contributed by atoms with Gasteiger partial charge in [0, 0.05) is 31.4 Å². The van der Waals surface area contributed by atoms with Gasteiger partial charge in [-0.15, -0.1) is 0 Å². The first-order chi connectivity index (χ1) is 17.6. The van der Waals surface area contributed by atoms with Crippen LogP contribution in [0.25, 0.3) is 22.5 Å². The normalized spacial score (nSPS) is 15.5. The average Bonchev–Trinajstić information content (AvgIpc) is 2.94. The predicted molar refractivity (Wildman–Crippen MR) is 136 cm³/mol. The Morgan fingerprint density at radius 2 is 1.86 bits per heavy atom. The minimum atomic E-state index is -0.279. The van der Waals surface area contributed by atoms with Crippen molar-refractivity contribution in [2.24, 2.45) is 7.05 Å². The number of benzene rings is 2. The highest BCUT2D eigenvalue weighted by Gasteiger charge is 2.27. The number of methoxy groups -OCH3 is 2. The van der Waals surface area contributed by atoms with Crippen LogP contribution in [0.4, 0.5) is 5.95 Å². The highest BCUT2D eigenvalue weighted by atomic mass is 16.5. The Labute approximate surface area is 209 Å². The number of ether oxygens (including phenoxy) is 3. The summed E-state index contributed by atoms with van der Waals surface area (Å²) in [5.74, 6) is 2.10. The van der Waals surface area contributed by atoms with Crippen LogP contribution in [0.15, 0.2) is 71.9 Å². The lowest BCUT2D eigenvalue weighted by Gasteiger charge is -2.35. The Hall–Kier alpha value is -4.24. The van der Waals surface area contributed by atoms with E-state index in [0.717, 1.165) is 28.2 Å². The minimum absolute atomic E-state index is 0.158. The average molecular weight is 486 g/mol. The van der Waals surface area contributed by atoms with Crippen LogP contribution in [0.5, 0.6) is 11.5 Å². The van der Waals surface area contributed by atoms with Crippen molar-refractivity contribution in [2.75, 3.05) is 38.8 Å². The van der Waals surface area contributed by atoms with Gasteiger partial charge in [-0.25, -0.2) is 15.0 Å². The van der Waals surface area contributed by atoms with Crippen LogP contribution in [-0.2, 0) is 11.8 Å². The van der Waals surface area contributed by atoms with Gasteiger partial charge >= 0.3 is 0 Å². The van der Waals surface area contributed by atoms with Crippen molar-refractivity contribution < 1.29 is 14.2 Å². The summed E-state index contributed by atoms with van der Waals surface area (Å²) in [6, 6.07) is 17.2. The van der Waals surface area contributed by atoms with E-state index < -0.39 is 0 Å². The molecule has 1 aliphatic heterocycles. The van der Waals surface area contributed by atoms with E-state index in [4.69, 9.17) is 19.2 Å². The van der Waals surface area contributed by atoms with Crippen LogP contribution in [0, 0.1) is 0 Å². The molecule has 0 saturated carbocycles. The lowest BCUT2D eigenvalue weighted by atomic mass is 9.98. The summed E-state index contributed by atoms with van der Waals surface area (Å²) in [5.41, 5.74) is 3.94. The number of nitrogens with zero attached hydrogens (tertiary/aromatic N) is 5. The van der Waals surface area contributed by atoms with Gasteiger partial charge in [-0.3, -0.25) is 9.36 Å². The van der Waals surface area contributed by atoms with Crippen molar-refractivity contribution in [1.82, 2.24) is 19.5 Å². The second-order valence-electron chi connectivity index (χ2n) is 8.43. The van der Waals surface area contributed by atoms with Crippen molar-refractivity contribution in [3.8, 4) is 34.0 Å². The smallest absolute Gasteiger partial charge is 0.255 e. The first kappa shape index (κ1) is 23.5. The zero-order chi connectivity index (χ0) is 25.1. The zero-order valence-electron chi connectivity index (χ0n) is 20.4. The summed E-state index contributed by atoms with van der Waals surface area (Å²) in [7, 11) is 5.04. The molecule has 4 aromatic rings. The standard InChI is InChI=1S/C27H27N5O4/c1-31-26(33)15-23(22-9-10-28-17-29-22)30-27(31)32-11-12-36-25(16-32)21-14-19(7-8-24(21)35-3)18-5-4-6-20(13-18)34-2/h4-10,13-15,17,25H,11-12,16H2,1-3H3. The molecule has 3 heterocycles. The Kier molecular flexibility index (Phi) is 6.64. The maximum Gasteiger partial charge on any atom is 0.255 e. The number of rotatable bonds is 6. The molecule has 1 saturated heterocycles. The van der Waals surface area contributed by atoms with E-state index in [9.17, 15) is 4.79 Å². The van der Waals surface area contributed by atoms with Crippen LogP contribution in [-0.4, -0.2) is 53.4 Å². The van der Waals surface area contributed by atoms with E-state index in [-0.39, 0.29) is 11.7 Å². The van der Waals surface area contributed by atoms with Crippen molar-refractivity contribution in [2.45, 2.75) is 6.10 Å². The number of hydrogen-bond donors (Lipinski definition) is 0. The number of aromatic nitrogens is 4. The molecule has 36 heavy (non-hydrogen) atoms. The van der Waals surface area contributed by atoms with Crippen LogP contribution in [0.3, 0.4) is 0 Å². The van der Waals surface area contributed by atoms with Crippen molar-refractivity contribution in [3.63, 3.8) is 0 Å². The topological polar surface area (TPSA) is 91.6 Å². The lowest BCUT2D eigenvalue weighted by Crippen LogP contribution is -2.41. The molecular formula is C27H27N5O4. The molecule has 5 rings (SSSR count). The molecule has 0 radical (unpaired) electrons. The molecule has 0 amide bonds. The van der Waals surface area contributed by atoms with Crippen molar-refractivity contribution in [3.05, 3.63) is 83.0 Å². The highest BCUT2D eigenvalue weighted by Crippen LogP contribution is 2.35. The van der Waals surface area contributed by atoms with Crippen LogP contribution < -0.4 is 19.9 Å². The first-order valence-electron chi connectivity index (χ1n) is 11.6. The monoisotopic (exact) mass is 485 g/mol. The van der Waals surface area contributed by atoms with Gasteiger partial charge in [0.05, 0.1) is 38.8 Å². The van der Waals surface area contributed by atoms with Gasteiger partial charge in [-0.05, 0) is 41.5 Å². The Balaban J connectivity index is 1.49. The molecule has 0 N–H and O–H groups in total. The molecule has 9 nitrogen and oxygen atoms in total. The number of morpholine rings is 1. The first-order valence-corrected chi connectivity index (χ1v) is 11.6. The summed E-state index contributed by atoms with van der Waals surface area (Å²) in [6.07, 6.45) is 2.80.